The zero-order valence-electron chi connectivity index (χ0n) is 25.1. The highest BCUT2D eigenvalue weighted by atomic mass is 16.6. The lowest BCUT2D eigenvalue weighted by Crippen LogP contribution is -2.58. The Morgan fingerprint density at radius 3 is 2.41 bits per heavy atom. The van der Waals surface area contributed by atoms with Crippen LogP contribution in [0.25, 0.3) is 11.3 Å². The second-order valence-electron chi connectivity index (χ2n) is 11.5. The van der Waals surface area contributed by atoms with E-state index in [4.69, 9.17) is 4.65 Å². The molecule has 234 valence electrons. The number of hydrogen-bond acceptors (Lipinski definition) is 8. The van der Waals surface area contributed by atoms with E-state index in [0.717, 1.165) is 31.2 Å². The number of rotatable bonds is 12. The molecule has 4 rings (SSSR count). The van der Waals surface area contributed by atoms with Gasteiger partial charge in [-0.05, 0) is 43.2 Å². The van der Waals surface area contributed by atoms with Gasteiger partial charge in [-0.25, -0.2) is 4.98 Å². The molecule has 13 heteroatoms. The van der Waals surface area contributed by atoms with Gasteiger partial charge in [-0.3, -0.25) is 24.0 Å². The van der Waals surface area contributed by atoms with Crippen LogP contribution in [0.2, 0.25) is 0 Å². The number of nitrogens with one attached hydrogen (secondary N) is 4. The van der Waals surface area contributed by atoms with Gasteiger partial charge < -0.3 is 30.9 Å². The van der Waals surface area contributed by atoms with Crippen LogP contribution in [-0.4, -0.2) is 71.3 Å². The van der Waals surface area contributed by atoms with E-state index in [0.29, 0.717) is 12.1 Å². The Bertz CT molecular complexity index is 1340. The van der Waals surface area contributed by atoms with Crippen LogP contribution in [0.4, 0.5) is 0 Å². The van der Waals surface area contributed by atoms with Gasteiger partial charge >= 0.3 is 7.12 Å². The first-order valence-corrected chi connectivity index (χ1v) is 15.2. The van der Waals surface area contributed by atoms with Crippen LogP contribution in [0.15, 0.2) is 48.5 Å². The third-order valence-electron chi connectivity index (χ3n) is 8.31. The first-order valence-electron chi connectivity index (χ1n) is 15.2. The first kappa shape index (κ1) is 32.7. The van der Waals surface area contributed by atoms with Crippen molar-refractivity contribution in [2.45, 2.75) is 76.8 Å². The van der Waals surface area contributed by atoms with Gasteiger partial charge in [0.1, 0.15) is 17.8 Å². The van der Waals surface area contributed by atoms with Crippen molar-refractivity contribution in [3.63, 3.8) is 0 Å². The van der Waals surface area contributed by atoms with Gasteiger partial charge in [-0.1, -0.05) is 69.5 Å². The molecule has 12 nitrogen and oxygen atoms in total. The smallest absolute Gasteiger partial charge is 0.508 e. The van der Waals surface area contributed by atoms with Crippen LogP contribution in [-0.2, 0) is 23.8 Å². The summed E-state index contributed by atoms with van der Waals surface area (Å²) in [5.74, 6) is -3.77. The van der Waals surface area contributed by atoms with Crippen LogP contribution in [0, 0.1) is 11.8 Å². The fraction of sp³-hybridized carbons (Fsp3) is 0.484. The minimum atomic E-state index is -1.46. The molecule has 1 aliphatic heterocycles. The van der Waals surface area contributed by atoms with E-state index < -0.39 is 61.3 Å². The second kappa shape index (κ2) is 15.5. The van der Waals surface area contributed by atoms with E-state index in [1.807, 2.05) is 50.2 Å². The van der Waals surface area contributed by atoms with E-state index in [9.17, 15) is 29.0 Å². The molecule has 1 aliphatic carbocycles. The van der Waals surface area contributed by atoms with Crippen molar-refractivity contribution in [2.24, 2.45) is 11.8 Å². The lowest BCUT2D eigenvalue weighted by Gasteiger charge is -2.29. The number of carbonyl (C=O) groups excluding carboxylic acids is 5. The van der Waals surface area contributed by atoms with Crippen molar-refractivity contribution < 1.29 is 33.7 Å². The number of pyridine rings is 1. The summed E-state index contributed by atoms with van der Waals surface area (Å²) in [6.45, 7) is 3.31. The molecule has 1 aromatic carbocycles. The lowest BCUT2D eigenvalue weighted by atomic mass is 9.74. The summed E-state index contributed by atoms with van der Waals surface area (Å²) in [4.78, 5) is 68.6. The fourth-order valence-electron chi connectivity index (χ4n) is 5.55. The number of carbonyl (C=O) groups is 5. The summed E-state index contributed by atoms with van der Waals surface area (Å²) >= 11 is 0. The van der Waals surface area contributed by atoms with Crippen molar-refractivity contribution >= 4 is 36.7 Å². The highest BCUT2D eigenvalue weighted by Gasteiger charge is 2.38. The summed E-state index contributed by atoms with van der Waals surface area (Å²) in [5, 5.41) is 20.7. The molecule has 44 heavy (non-hydrogen) atoms. The monoisotopic (exact) mass is 605 g/mol. The van der Waals surface area contributed by atoms with Crippen molar-refractivity contribution in [3.05, 3.63) is 54.2 Å². The molecule has 1 saturated heterocycles. The van der Waals surface area contributed by atoms with Crippen LogP contribution in [0.1, 0.15) is 69.3 Å². The van der Waals surface area contributed by atoms with Gasteiger partial charge in [0.25, 0.3) is 11.9 Å². The Balaban J connectivity index is 1.41. The molecular formula is C31H40BN5O7. The molecule has 2 heterocycles. The van der Waals surface area contributed by atoms with Gasteiger partial charge in [0, 0.05) is 12.0 Å². The Kier molecular flexibility index (Phi) is 11.5. The maximum absolute atomic E-state index is 13.7. The lowest BCUT2D eigenvalue weighted by molar-refractivity contribution is -0.138. The van der Waals surface area contributed by atoms with Gasteiger partial charge in [0.15, 0.2) is 0 Å². The van der Waals surface area contributed by atoms with Crippen molar-refractivity contribution in [1.29, 1.82) is 0 Å². The maximum atomic E-state index is 13.7. The predicted molar refractivity (Wildman–Crippen MR) is 163 cm³/mol. The van der Waals surface area contributed by atoms with E-state index in [2.05, 4.69) is 26.3 Å². The SMILES string of the molecule is CC[C@H](C)[C@H](NC(=O)[C@@H](NC(=O)c1cccc(-c2ccccc2)n1)C1CCCC1)C(=O)NCC(=O)N[C@H]1CCC(=O)OB1O. The van der Waals surface area contributed by atoms with Crippen LogP contribution in [0.3, 0.4) is 0 Å². The maximum Gasteiger partial charge on any atom is 0.548 e. The van der Waals surface area contributed by atoms with Crippen molar-refractivity contribution in [1.82, 2.24) is 26.3 Å². The van der Waals surface area contributed by atoms with Crippen LogP contribution < -0.4 is 21.3 Å². The number of nitrogens with zero attached hydrogens (tertiary/aromatic N) is 1. The van der Waals surface area contributed by atoms with Crippen LogP contribution >= 0.6 is 0 Å². The molecule has 4 amide bonds. The molecule has 2 fully saturated rings. The highest BCUT2D eigenvalue weighted by molar-refractivity contribution is 6.48. The summed E-state index contributed by atoms with van der Waals surface area (Å²) in [6.07, 6.45) is 4.24. The first-order chi connectivity index (χ1) is 21.2. The molecule has 2 aromatic rings. The Hall–Kier alpha value is -4.26. The van der Waals surface area contributed by atoms with Crippen molar-refractivity contribution in [2.75, 3.05) is 6.54 Å². The zero-order chi connectivity index (χ0) is 31.6. The fourth-order valence-corrected chi connectivity index (χ4v) is 5.55. The Morgan fingerprint density at radius 2 is 1.73 bits per heavy atom. The quantitative estimate of drug-likeness (QED) is 0.226. The normalized spacial score (nSPS) is 18.8. The molecule has 4 atom stereocenters. The van der Waals surface area contributed by atoms with Gasteiger partial charge in [0.2, 0.25) is 17.7 Å². The standard InChI is InChI=1S/C31H40BN5O7/c1-3-19(2)27(30(41)33-18-25(38)35-24-16-17-26(39)44-32(24)43)36-31(42)28(21-12-7-8-13-21)37-29(40)23-15-9-14-22(34-23)20-10-5-4-6-11-20/h4-6,9-11,14-15,19,21,24,27-28,43H,3,7-8,12-13,16-18H2,1-2H3,(H,33,41)(H,35,38)(H,36,42)(H,37,40)/t19-,24-,27-,28-/m0/s1. The van der Waals surface area contributed by atoms with E-state index in [1.165, 1.54) is 0 Å². The second-order valence-corrected chi connectivity index (χ2v) is 11.5. The Labute approximate surface area is 257 Å². The molecule has 2 aliphatic rings. The zero-order valence-corrected chi connectivity index (χ0v) is 25.1. The van der Waals surface area contributed by atoms with Gasteiger partial charge in [0.05, 0.1) is 18.2 Å². The average molecular weight is 606 g/mol. The predicted octanol–water partition coefficient (Wildman–Crippen LogP) is 1.53. The minimum Gasteiger partial charge on any atom is -0.508 e. The summed E-state index contributed by atoms with van der Waals surface area (Å²) in [7, 11) is -1.46. The average Bonchev–Trinajstić information content (AvgIpc) is 3.57. The van der Waals surface area contributed by atoms with E-state index in [-0.39, 0.29) is 30.4 Å². The van der Waals surface area contributed by atoms with E-state index in [1.54, 1.807) is 12.1 Å². The third-order valence-corrected chi connectivity index (χ3v) is 8.31. The van der Waals surface area contributed by atoms with Gasteiger partial charge in [-0.15, -0.1) is 0 Å². The molecule has 0 spiro atoms. The van der Waals surface area contributed by atoms with Crippen LogP contribution in [0.5, 0.6) is 0 Å². The molecule has 0 bridgehead atoms. The molecule has 1 saturated carbocycles. The largest absolute Gasteiger partial charge is 0.548 e. The number of aromatic nitrogens is 1. The molecular weight excluding hydrogens is 565 g/mol. The summed E-state index contributed by atoms with van der Waals surface area (Å²) in [5.41, 5.74) is 1.68. The molecule has 1 aromatic heterocycles. The minimum absolute atomic E-state index is 0.0592. The molecule has 5 N–H and O–H groups in total. The number of hydrogen-bond donors (Lipinski definition) is 5. The highest BCUT2D eigenvalue weighted by Crippen LogP contribution is 2.28. The molecule has 0 unspecified atom stereocenters. The number of benzene rings is 1. The van der Waals surface area contributed by atoms with E-state index >= 15 is 0 Å². The van der Waals surface area contributed by atoms with Crippen molar-refractivity contribution in [3.8, 4) is 11.3 Å². The third kappa shape index (κ3) is 8.65. The topological polar surface area (TPSA) is 176 Å². The molecule has 0 radical (unpaired) electrons. The van der Waals surface area contributed by atoms with Gasteiger partial charge in [-0.2, -0.15) is 0 Å². The summed E-state index contributed by atoms with van der Waals surface area (Å²) in [6, 6.07) is 12.8. The number of amides is 4. The Morgan fingerprint density at radius 1 is 1.00 bits per heavy atom. The summed E-state index contributed by atoms with van der Waals surface area (Å²) < 4.78 is 4.73.